The highest BCUT2D eigenvalue weighted by atomic mass is 35.5. The molecular formula is C20H18ClN3O2S. The van der Waals surface area contributed by atoms with E-state index in [1.165, 1.54) is 11.3 Å². The van der Waals surface area contributed by atoms with Crippen LogP contribution in [-0.4, -0.2) is 27.6 Å². The topological polar surface area (TPSA) is 51.3 Å². The number of amides is 1. The average molecular weight is 400 g/mol. The second-order valence-electron chi connectivity index (χ2n) is 6.47. The van der Waals surface area contributed by atoms with Crippen molar-refractivity contribution in [1.29, 1.82) is 0 Å². The minimum absolute atomic E-state index is 0.0277. The molecule has 0 N–H and O–H groups in total. The van der Waals surface area contributed by atoms with Gasteiger partial charge in [0, 0.05) is 30.1 Å². The Kier molecular flexibility index (Phi) is 4.53. The zero-order valence-electron chi connectivity index (χ0n) is 15.2. The first-order valence-corrected chi connectivity index (χ1v) is 9.65. The Balaban J connectivity index is 1.51. The molecule has 138 valence electrons. The van der Waals surface area contributed by atoms with Gasteiger partial charge < -0.3 is 9.32 Å². The molecule has 3 heterocycles. The summed E-state index contributed by atoms with van der Waals surface area (Å²) in [5.41, 5.74) is 1.89. The lowest BCUT2D eigenvalue weighted by molar-refractivity contribution is 0.0780. The van der Waals surface area contributed by atoms with E-state index in [9.17, 15) is 4.79 Å². The number of hydrogen-bond donors (Lipinski definition) is 0. The molecule has 0 fully saturated rings. The van der Waals surface area contributed by atoms with Gasteiger partial charge in [-0.25, -0.2) is 0 Å². The number of furan rings is 1. The Hall–Kier alpha value is -2.57. The van der Waals surface area contributed by atoms with Crippen LogP contribution in [0.4, 0.5) is 0 Å². The lowest BCUT2D eigenvalue weighted by Crippen LogP contribution is -2.25. The van der Waals surface area contributed by atoms with E-state index in [4.69, 9.17) is 16.0 Å². The summed E-state index contributed by atoms with van der Waals surface area (Å²) in [5.74, 6) is 1.46. The fraction of sp³-hybridized carbons (Fsp3) is 0.200. The largest absolute Gasteiger partial charge is 0.459 e. The van der Waals surface area contributed by atoms with E-state index in [1.54, 1.807) is 11.9 Å². The minimum Gasteiger partial charge on any atom is -0.459 e. The maximum absolute atomic E-state index is 12.8. The zero-order chi connectivity index (χ0) is 19.1. The molecule has 0 unspecified atom stereocenters. The van der Waals surface area contributed by atoms with Gasteiger partial charge in [0.15, 0.2) is 0 Å². The molecule has 0 radical (unpaired) electrons. The Morgan fingerprint density at radius 3 is 2.70 bits per heavy atom. The van der Waals surface area contributed by atoms with Crippen molar-refractivity contribution in [3.05, 3.63) is 63.8 Å². The maximum atomic E-state index is 12.8. The number of thiophene rings is 1. The molecule has 0 aliphatic carbocycles. The summed E-state index contributed by atoms with van der Waals surface area (Å²) in [6.45, 7) is 2.35. The maximum Gasteiger partial charge on any atom is 0.264 e. The second-order valence-corrected chi connectivity index (χ2v) is 7.94. The van der Waals surface area contributed by atoms with Crippen molar-refractivity contribution in [2.45, 2.75) is 13.5 Å². The van der Waals surface area contributed by atoms with Crippen LogP contribution in [0.25, 0.3) is 21.5 Å². The van der Waals surface area contributed by atoms with Gasteiger partial charge >= 0.3 is 0 Å². The van der Waals surface area contributed by atoms with E-state index < -0.39 is 0 Å². The van der Waals surface area contributed by atoms with Crippen LogP contribution in [0.2, 0.25) is 5.02 Å². The van der Waals surface area contributed by atoms with Crippen LogP contribution in [0.15, 0.2) is 46.9 Å². The molecule has 5 nitrogen and oxygen atoms in total. The highest BCUT2D eigenvalue weighted by Gasteiger charge is 2.19. The standard InChI is InChI=1S/C20H18ClN3O2S/c1-12-16-10-18(27-20(16)24(3)22-12)19(25)23(2)11-15-8-9-17(26-15)13-4-6-14(21)7-5-13/h4-10H,11H2,1-3H3. The predicted molar refractivity (Wildman–Crippen MR) is 108 cm³/mol. The summed E-state index contributed by atoms with van der Waals surface area (Å²) >= 11 is 7.39. The molecule has 4 aromatic rings. The Morgan fingerprint density at radius 1 is 1.26 bits per heavy atom. The number of benzene rings is 1. The van der Waals surface area contributed by atoms with Crippen molar-refractivity contribution in [1.82, 2.24) is 14.7 Å². The van der Waals surface area contributed by atoms with Gasteiger partial charge in [0.05, 0.1) is 17.1 Å². The minimum atomic E-state index is -0.0277. The zero-order valence-corrected chi connectivity index (χ0v) is 16.8. The fourth-order valence-corrected chi connectivity index (χ4v) is 4.28. The second kappa shape index (κ2) is 6.87. The number of rotatable bonds is 4. The number of aryl methyl sites for hydroxylation is 2. The van der Waals surface area contributed by atoms with E-state index in [2.05, 4.69) is 5.10 Å². The first kappa shape index (κ1) is 17.8. The molecule has 1 aromatic carbocycles. The summed E-state index contributed by atoms with van der Waals surface area (Å²) < 4.78 is 7.72. The molecule has 1 amide bonds. The van der Waals surface area contributed by atoms with Gasteiger partial charge in [-0.15, -0.1) is 11.3 Å². The van der Waals surface area contributed by atoms with E-state index in [0.717, 1.165) is 33.0 Å². The van der Waals surface area contributed by atoms with Crippen LogP contribution in [0.1, 0.15) is 21.1 Å². The van der Waals surface area contributed by atoms with Crippen LogP contribution < -0.4 is 0 Å². The molecule has 0 atom stereocenters. The lowest BCUT2D eigenvalue weighted by Gasteiger charge is -2.14. The molecule has 0 bridgehead atoms. The normalized spacial score (nSPS) is 11.3. The van der Waals surface area contributed by atoms with Gasteiger partial charge in [-0.2, -0.15) is 5.10 Å². The summed E-state index contributed by atoms with van der Waals surface area (Å²) in [4.78, 5) is 16.2. The third-order valence-corrected chi connectivity index (χ3v) is 5.88. The smallest absolute Gasteiger partial charge is 0.264 e. The number of carbonyl (C=O) groups is 1. The van der Waals surface area contributed by atoms with E-state index in [-0.39, 0.29) is 5.91 Å². The van der Waals surface area contributed by atoms with Crippen LogP contribution >= 0.6 is 22.9 Å². The van der Waals surface area contributed by atoms with Crippen molar-refractivity contribution in [3.8, 4) is 11.3 Å². The summed E-state index contributed by atoms with van der Waals surface area (Å²) in [5, 5.41) is 6.09. The van der Waals surface area contributed by atoms with E-state index in [0.29, 0.717) is 16.4 Å². The first-order valence-electron chi connectivity index (χ1n) is 8.45. The van der Waals surface area contributed by atoms with Gasteiger partial charge in [0.2, 0.25) is 0 Å². The van der Waals surface area contributed by atoms with E-state index >= 15 is 0 Å². The lowest BCUT2D eigenvalue weighted by atomic mass is 10.2. The quantitative estimate of drug-likeness (QED) is 0.478. The monoisotopic (exact) mass is 399 g/mol. The number of aromatic nitrogens is 2. The van der Waals surface area contributed by atoms with Crippen LogP contribution in [0.3, 0.4) is 0 Å². The van der Waals surface area contributed by atoms with Gasteiger partial charge in [0.25, 0.3) is 5.91 Å². The van der Waals surface area contributed by atoms with Crippen LogP contribution in [0.5, 0.6) is 0 Å². The SMILES string of the molecule is Cc1nn(C)c2sc(C(=O)N(C)Cc3ccc(-c4ccc(Cl)cc4)o3)cc12. The van der Waals surface area contributed by atoms with Gasteiger partial charge in [-0.05, 0) is 49.4 Å². The molecule has 0 spiro atoms. The van der Waals surface area contributed by atoms with Gasteiger partial charge in [0.1, 0.15) is 16.4 Å². The molecular weight excluding hydrogens is 382 g/mol. The average Bonchev–Trinajstić information content (AvgIpc) is 3.33. The van der Waals surface area contributed by atoms with Crippen LogP contribution in [0, 0.1) is 6.92 Å². The highest BCUT2D eigenvalue weighted by molar-refractivity contribution is 7.20. The van der Waals surface area contributed by atoms with Crippen molar-refractivity contribution < 1.29 is 9.21 Å². The predicted octanol–water partition coefficient (Wildman–Crippen LogP) is 5.13. The van der Waals surface area contributed by atoms with E-state index in [1.807, 2.05) is 61.1 Å². The van der Waals surface area contributed by atoms with Crippen LogP contribution in [-0.2, 0) is 13.6 Å². The third-order valence-electron chi connectivity index (χ3n) is 4.44. The third kappa shape index (κ3) is 3.38. The Bertz CT molecular complexity index is 1090. The molecule has 7 heteroatoms. The number of fused-ring (bicyclic) bond motifs is 1. The summed E-state index contributed by atoms with van der Waals surface area (Å²) in [7, 11) is 3.67. The first-order chi connectivity index (χ1) is 12.9. The van der Waals surface area contributed by atoms with Crippen molar-refractivity contribution in [2.75, 3.05) is 7.05 Å². The molecule has 3 aromatic heterocycles. The Labute approximate surface area is 165 Å². The summed E-state index contributed by atoms with van der Waals surface area (Å²) in [6, 6.07) is 13.2. The Morgan fingerprint density at radius 2 is 2.00 bits per heavy atom. The number of nitrogens with zero attached hydrogens (tertiary/aromatic N) is 3. The molecule has 0 saturated heterocycles. The van der Waals surface area contributed by atoms with Gasteiger partial charge in [-0.1, -0.05) is 11.6 Å². The number of carbonyl (C=O) groups excluding carboxylic acids is 1. The summed E-state index contributed by atoms with van der Waals surface area (Å²) in [6.07, 6.45) is 0. The molecule has 0 aliphatic rings. The van der Waals surface area contributed by atoms with Crippen molar-refractivity contribution in [3.63, 3.8) is 0 Å². The van der Waals surface area contributed by atoms with Crippen molar-refractivity contribution in [2.24, 2.45) is 7.05 Å². The highest BCUT2D eigenvalue weighted by Crippen LogP contribution is 2.29. The molecule has 0 aliphatic heterocycles. The number of hydrogen-bond acceptors (Lipinski definition) is 4. The molecule has 0 saturated carbocycles. The fourth-order valence-electron chi connectivity index (χ4n) is 3.04. The molecule has 27 heavy (non-hydrogen) atoms. The molecule has 4 rings (SSSR count). The number of halogens is 1. The van der Waals surface area contributed by atoms with Gasteiger partial charge in [-0.3, -0.25) is 9.48 Å². The van der Waals surface area contributed by atoms with Crippen molar-refractivity contribution >= 4 is 39.1 Å².